The van der Waals surface area contributed by atoms with Crippen LogP contribution in [0.25, 0.3) is 0 Å². The minimum atomic E-state index is -1.47. The van der Waals surface area contributed by atoms with Gasteiger partial charge in [-0.3, -0.25) is 4.79 Å². The molecule has 0 saturated carbocycles. The third-order valence-electron chi connectivity index (χ3n) is 0.930. The number of carbonyl (C=O) groups is 2. The summed E-state index contributed by atoms with van der Waals surface area (Å²) in [4.78, 5) is 20.5. The minimum absolute atomic E-state index is 0.885. The molecule has 5 heteroatoms. The standard InChI is InChI=1S/C4H3ClO4/c5-1-2(6)4(8)9-3(1)7/h1,3,7H. The third-order valence-corrected chi connectivity index (χ3v) is 1.34. The Morgan fingerprint density at radius 2 is 2.11 bits per heavy atom. The molecule has 4 nitrogen and oxygen atoms in total. The van der Waals surface area contributed by atoms with E-state index in [0.29, 0.717) is 0 Å². The van der Waals surface area contributed by atoms with Gasteiger partial charge >= 0.3 is 5.97 Å². The van der Waals surface area contributed by atoms with Crippen LogP contribution in [-0.4, -0.2) is 28.5 Å². The van der Waals surface area contributed by atoms with Crippen LogP contribution in [0.15, 0.2) is 0 Å². The summed E-state index contributed by atoms with van der Waals surface area (Å²) in [5.41, 5.74) is 0. The van der Waals surface area contributed by atoms with Crippen molar-refractivity contribution in [1.29, 1.82) is 0 Å². The number of ketones is 1. The molecule has 1 rings (SSSR count). The molecular weight excluding hydrogens is 147 g/mol. The van der Waals surface area contributed by atoms with E-state index in [2.05, 4.69) is 4.74 Å². The van der Waals surface area contributed by atoms with Crippen molar-refractivity contribution in [2.45, 2.75) is 11.7 Å². The number of halogens is 1. The first-order chi connectivity index (χ1) is 4.13. The lowest BCUT2D eigenvalue weighted by Gasteiger charge is -1.98. The van der Waals surface area contributed by atoms with Gasteiger partial charge in [0.15, 0.2) is 5.38 Å². The van der Waals surface area contributed by atoms with Crippen molar-refractivity contribution in [3.05, 3.63) is 0 Å². The fourth-order valence-electron chi connectivity index (χ4n) is 0.470. The van der Waals surface area contributed by atoms with Gasteiger partial charge in [0, 0.05) is 0 Å². The number of ether oxygens (including phenoxy) is 1. The van der Waals surface area contributed by atoms with E-state index in [-0.39, 0.29) is 0 Å². The molecule has 50 valence electrons. The SMILES string of the molecule is O=C1OC(O)C(Cl)C1=O. The summed E-state index contributed by atoms with van der Waals surface area (Å²) < 4.78 is 4.02. The van der Waals surface area contributed by atoms with E-state index in [0.717, 1.165) is 0 Å². The van der Waals surface area contributed by atoms with Gasteiger partial charge in [-0.25, -0.2) is 4.79 Å². The normalized spacial score (nSPS) is 34.9. The molecule has 2 atom stereocenters. The molecule has 2 unspecified atom stereocenters. The number of carbonyl (C=O) groups excluding carboxylic acids is 2. The number of aliphatic hydroxyl groups is 1. The zero-order valence-corrected chi connectivity index (χ0v) is 4.96. The van der Waals surface area contributed by atoms with Gasteiger partial charge in [0.25, 0.3) is 5.78 Å². The Hall–Kier alpha value is -0.610. The summed E-state index contributed by atoms with van der Waals surface area (Å²) in [7, 11) is 0. The predicted molar refractivity (Wildman–Crippen MR) is 26.7 cm³/mol. The molecule has 1 N–H and O–H groups in total. The topological polar surface area (TPSA) is 63.6 Å². The second kappa shape index (κ2) is 1.97. The van der Waals surface area contributed by atoms with Crippen LogP contribution in [0.4, 0.5) is 0 Å². The summed E-state index contributed by atoms with van der Waals surface area (Å²) in [5, 5.41) is 7.32. The molecule has 1 heterocycles. The maximum atomic E-state index is 10.3. The van der Waals surface area contributed by atoms with E-state index in [1.54, 1.807) is 0 Å². The lowest BCUT2D eigenvalue weighted by Crippen LogP contribution is -2.19. The molecule has 0 bridgehead atoms. The van der Waals surface area contributed by atoms with E-state index in [1.165, 1.54) is 0 Å². The number of Topliss-reactive ketones (excluding diaryl/α,β-unsaturated/α-hetero) is 1. The minimum Gasteiger partial charge on any atom is -0.428 e. The Morgan fingerprint density at radius 3 is 2.22 bits per heavy atom. The summed E-state index contributed by atoms with van der Waals surface area (Å²) in [5.74, 6) is -1.95. The van der Waals surface area contributed by atoms with Gasteiger partial charge in [-0.2, -0.15) is 0 Å². The maximum absolute atomic E-state index is 10.3. The lowest BCUT2D eigenvalue weighted by molar-refractivity contribution is -0.157. The Balaban J connectivity index is 2.77. The van der Waals surface area contributed by atoms with E-state index in [9.17, 15) is 9.59 Å². The third kappa shape index (κ3) is 0.906. The van der Waals surface area contributed by atoms with E-state index >= 15 is 0 Å². The highest BCUT2D eigenvalue weighted by Gasteiger charge is 2.41. The van der Waals surface area contributed by atoms with Crippen LogP contribution >= 0.6 is 11.6 Å². The van der Waals surface area contributed by atoms with Crippen LogP contribution in [0.1, 0.15) is 0 Å². The lowest BCUT2D eigenvalue weighted by atomic mass is 10.3. The van der Waals surface area contributed by atoms with Crippen molar-refractivity contribution in [3.8, 4) is 0 Å². The van der Waals surface area contributed by atoms with E-state index < -0.39 is 23.4 Å². The van der Waals surface area contributed by atoms with Crippen LogP contribution in [0, 0.1) is 0 Å². The molecule has 9 heavy (non-hydrogen) atoms. The predicted octanol–water partition coefficient (Wildman–Crippen LogP) is -0.962. The monoisotopic (exact) mass is 150 g/mol. The Labute approximate surface area is 55.4 Å². The van der Waals surface area contributed by atoms with E-state index in [4.69, 9.17) is 16.7 Å². The second-order valence-corrected chi connectivity index (χ2v) is 2.03. The van der Waals surface area contributed by atoms with Crippen LogP contribution in [-0.2, 0) is 14.3 Å². The quantitative estimate of drug-likeness (QED) is 0.274. The molecule has 0 spiro atoms. The highest BCUT2D eigenvalue weighted by molar-refractivity contribution is 6.49. The molecule has 0 aromatic rings. The molecule has 1 aliphatic rings. The van der Waals surface area contributed by atoms with Crippen molar-refractivity contribution in [1.82, 2.24) is 0 Å². The Morgan fingerprint density at radius 1 is 1.56 bits per heavy atom. The average molecular weight is 151 g/mol. The first-order valence-electron chi connectivity index (χ1n) is 2.20. The average Bonchev–Trinajstić information content (AvgIpc) is 1.98. The number of hydrogen-bond donors (Lipinski definition) is 1. The fraction of sp³-hybridized carbons (Fsp3) is 0.500. The molecule has 1 aliphatic heterocycles. The molecular formula is C4H3ClO4. The first-order valence-corrected chi connectivity index (χ1v) is 2.63. The van der Waals surface area contributed by atoms with E-state index in [1.807, 2.05) is 0 Å². The van der Waals surface area contributed by atoms with Crippen LogP contribution < -0.4 is 0 Å². The van der Waals surface area contributed by atoms with Crippen molar-refractivity contribution in [2.24, 2.45) is 0 Å². The van der Waals surface area contributed by atoms with Gasteiger partial charge in [-0.05, 0) is 0 Å². The summed E-state index contributed by atoms with van der Waals surface area (Å²) in [6.07, 6.45) is -1.47. The number of alkyl halides is 1. The highest BCUT2D eigenvalue weighted by atomic mass is 35.5. The van der Waals surface area contributed by atoms with Crippen molar-refractivity contribution in [3.63, 3.8) is 0 Å². The van der Waals surface area contributed by atoms with Gasteiger partial charge in [-0.1, -0.05) is 0 Å². The van der Waals surface area contributed by atoms with Crippen molar-refractivity contribution < 1.29 is 19.4 Å². The van der Waals surface area contributed by atoms with Crippen LogP contribution in [0.3, 0.4) is 0 Å². The van der Waals surface area contributed by atoms with Gasteiger partial charge in [0.2, 0.25) is 6.29 Å². The molecule has 0 aromatic carbocycles. The Bertz CT molecular complexity index is 166. The van der Waals surface area contributed by atoms with Crippen molar-refractivity contribution in [2.75, 3.05) is 0 Å². The molecule has 0 radical (unpaired) electrons. The molecule has 1 saturated heterocycles. The van der Waals surface area contributed by atoms with Gasteiger partial charge < -0.3 is 9.84 Å². The smallest absolute Gasteiger partial charge is 0.378 e. The van der Waals surface area contributed by atoms with Crippen molar-refractivity contribution >= 4 is 23.4 Å². The van der Waals surface area contributed by atoms with Gasteiger partial charge in [0.1, 0.15) is 0 Å². The fourth-order valence-corrected chi connectivity index (χ4v) is 0.610. The summed E-state index contributed by atoms with van der Waals surface area (Å²) in [6.45, 7) is 0. The summed E-state index contributed by atoms with van der Waals surface area (Å²) >= 11 is 5.16. The first kappa shape index (κ1) is 6.51. The van der Waals surface area contributed by atoms with Crippen LogP contribution in [0.5, 0.6) is 0 Å². The zero-order chi connectivity index (χ0) is 7.02. The number of rotatable bonds is 0. The Kier molecular flexibility index (Phi) is 1.42. The maximum Gasteiger partial charge on any atom is 0.378 e. The number of cyclic esters (lactones) is 1. The van der Waals surface area contributed by atoms with Crippen LogP contribution in [0.2, 0.25) is 0 Å². The largest absolute Gasteiger partial charge is 0.428 e. The van der Waals surface area contributed by atoms with Gasteiger partial charge in [-0.15, -0.1) is 11.6 Å². The molecule has 0 aromatic heterocycles. The number of aliphatic hydroxyl groups excluding tert-OH is 1. The molecule has 1 fully saturated rings. The highest BCUT2D eigenvalue weighted by Crippen LogP contribution is 2.14. The second-order valence-electron chi connectivity index (χ2n) is 1.56. The zero-order valence-electron chi connectivity index (χ0n) is 4.20. The summed E-state index contributed by atoms with van der Waals surface area (Å²) in [6, 6.07) is 0. The number of hydrogen-bond acceptors (Lipinski definition) is 4. The molecule has 0 amide bonds. The molecule has 0 aliphatic carbocycles. The number of esters is 1. The van der Waals surface area contributed by atoms with Gasteiger partial charge in [0.05, 0.1) is 0 Å².